The van der Waals surface area contributed by atoms with Gasteiger partial charge in [0.05, 0.1) is 12.4 Å². The van der Waals surface area contributed by atoms with Crippen molar-refractivity contribution < 1.29 is 19.8 Å². The number of carboxylic acid groups (broad SMARTS) is 2. The first kappa shape index (κ1) is 17.7. The molecule has 0 saturated carbocycles. The van der Waals surface area contributed by atoms with E-state index in [1.54, 1.807) is 0 Å². The maximum absolute atomic E-state index is 11.5. The highest BCUT2D eigenvalue weighted by Gasteiger charge is 2.10. The van der Waals surface area contributed by atoms with Crippen LogP contribution in [-0.2, 0) is 0 Å². The number of anilines is 2. The summed E-state index contributed by atoms with van der Waals surface area (Å²) in [5, 5.41) is 23.1. The van der Waals surface area contributed by atoms with E-state index in [9.17, 15) is 19.2 Å². The van der Waals surface area contributed by atoms with Crippen molar-refractivity contribution in [2.75, 3.05) is 23.7 Å². The van der Waals surface area contributed by atoms with Gasteiger partial charge in [-0.2, -0.15) is 0 Å². The maximum Gasteiger partial charge on any atom is 0.342 e. The summed E-state index contributed by atoms with van der Waals surface area (Å²) < 4.78 is 0. The summed E-state index contributed by atoms with van der Waals surface area (Å²) in [6.45, 7) is 0.777. The number of rotatable bonds is 8. The quantitative estimate of drug-likeness (QED) is 0.327. The molecule has 0 atom stereocenters. The van der Waals surface area contributed by atoms with Crippen molar-refractivity contribution in [1.82, 2.24) is 19.9 Å². The van der Waals surface area contributed by atoms with Crippen molar-refractivity contribution in [3.8, 4) is 0 Å². The molecule has 12 nitrogen and oxygen atoms in total. The Hall–Kier alpha value is -3.70. The second-order valence-corrected chi connectivity index (χ2v) is 4.77. The predicted molar refractivity (Wildman–Crippen MR) is 85.2 cm³/mol. The molecule has 0 bridgehead atoms. The van der Waals surface area contributed by atoms with Crippen LogP contribution < -0.4 is 21.8 Å². The minimum absolute atomic E-state index is 0.132. The fourth-order valence-corrected chi connectivity index (χ4v) is 1.78. The largest absolute Gasteiger partial charge is 0.477 e. The molecule has 0 saturated heterocycles. The third kappa shape index (κ3) is 4.63. The van der Waals surface area contributed by atoms with Gasteiger partial charge in [-0.05, 0) is 6.42 Å². The molecule has 0 radical (unpaired) electrons. The van der Waals surface area contributed by atoms with E-state index in [0.717, 1.165) is 12.4 Å². The molecule has 0 fully saturated rings. The number of H-pyrrole nitrogens is 2. The van der Waals surface area contributed by atoms with E-state index in [-0.39, 0.29) is 11.9 Å². The molecular weight excluding hydrogens is 336 g/mol. The van der Waals surface area contributed by atoms with Gasteiger partial charge in [0.1, 0.15) is 11.1 Å². The minimum atomic E-state index is -1.36. The Morgan fingerprint density at radius 2 is 1.28 bits per heavy atom. The van der Waals surface area contributed by atoms with Crippen LogP contribution in [-0.4, -0.2) is 55.2 Å². The summed E-state index contributed by atoms with van der Waals surface area (Å²) in [7, 11) is 0. The van der Waals surface area contributed by atoms with Crippen LogP contribution in [0, 0.1) is 0 Å². The minimum Gasteiger partial charge on any atom is -0.477 e. The highest BCUT2D eigenvalue weighted by Crippen LogP contribution is 1.98. The van der Waals surface area contributed by atoms with E-state index in [4.69, 9.17) is 10.2 Å². The number of hydrogen-bond acceptors (Lipinski definition) is 8. The van der Waals surface area contributed by atoms with Crippen LogP contribution >= 0.6 is 0 Å². The molecule has 2 aromatic heterocycles. The van der Waals surface area contributed by atoms with E-state index in [1.807, 2.05) is 0 Å². The number of carboxylic acids is 2. The number of carbonyl (C=O) groups is 2. The summed E-state index contributed by atoms with van der Waals surface area (Å²) in [6, 6.07) is 0. The molecule has 25 heavy (non-hydrogen) atoms. The van der Waals surface area contributed by atoms with E-state index in [0.29, 0.717) is 19.5 Å². The van der Waals surface area contributed by atoms with Crippen LogP contribution in [0.3, 0.4) is 0 Å². The SMILES string of the molecule is O=C(O)c1cnc(NCCCNc2ncc(C(=O)O)c(=O)[nH]2)[nH]c1=O. The molecule has 2 heterocycles. The second-order valence-electron chi connectivity index (χ2n) is 4.77. The monoisotopic (exact) mass is 350 g/mol. The Bertz CT molecular complexity index is 831. The second kappa shape index (κ2) is 7.72. The van der Waals surface area contributed by atoms with E-state index in [1.165, 1.54) is 0 Å². The van der Waals surface area contributed by atoms with Gasteiger partial charge >= 0.3 is 11.9 Å². The molecule has 0 aliphatic heterocycles. The lowest BCUT2D eigenvalue weighted by Gasteiger charge is -2.07. The number of aromatic nitrogens is 4. The van der Waals surface area contributed by atoms with Gasteiger partial charge in [0.2, 0.25) is 11.9 Å². The lowest BCUT2D eigenvalue weighted by molar-refractivity contribution is 0.0683. The van der Waals surface area contributed by atoms with Crippen molar-refractivity contribution in [2.45, 2.75) is 6.42 Å². The van der Waals surface area contributed by atoms with Crippen molar-refractivity contribution in [1.29, 1.82) is 0 Å². The Morgan fingerprint density at radius 3 is 1.60 bits per heavy atom. The zero-order chi connectivity index (χ0) is 18.4. The first-order valence-corrected chi connectivity index (χ1v) is 7.01. The van der Waals surface area contributed by atoms with Crippen molar-refractivity contribution in [2.24, 2.45) is 0 Å². The third-order valence-electron chi connectivity index (χ3n) is 3.00. The number of nitrogens with one attached hydrogen (secondary N) is 4. The zero-order valence-electron chi connectivity index (χ0n) is 12.7. The lowest BCUT2D eigenvalue weighted by Crippen LogP contribution is -2.22. The average molecular weight is 350 g/mol. The van der Waals surface area contributed by atoms with Crippen LogP contribution in [0.15, 0.2) is 22.0 Å². The Kier molecular flexibility index (Phi) is 5.45. The maximum atomic E-state index is 11.5. The predicted octanol–water partition coefficient (Wildman–Crippen LogP) is -0.836. The first-order valence-electron chi connectivity index (χ1n) is 7.01. The number of aromatic amines is 2. The molecule has 6 N–H and O–H groups in total. The first-order chi connectivity index (χ1) is 11.9. The van der Waals surface area contributed by atoms with Crippen LogP contribution in [0.5, 0.6) is 0 Å². The van der Waals surface area contributed by atoms with E-state index >= 15 is 0 Å². The van der Waals surface area contributed by atoms with Crippen LogP contribution in [0.2, 0.25) is 0 Å². The standard InChI is InChI=1S/C13H14N6O6/c20-8-6(10(22)23)4-16-12(18-8)14-2-1-3-15-13-17-5-7(11(24)25)9(21)19-13/h4-5H,1-3H2,(H,22,23)(H,24,25)(H2,14,16,18,20)(H2,15,17,19,21). The molecular formula is C13H14N6O6. The molecule has 132 valence electrons. The van der Waals surface area contributed by atoms with Crippen LogP contribution in [0.4, 0.5) is 11.9 Å². The number of hydrogen-bond donors (Lipinski definition) is 6. The molecule has 0 aliphatic carbocycles. The average Bonchev–Trinajstić information content (AvgIpc) is 2.54. The highest BCUT2D eigenvalue weighted by atomic mass is 16.4. The van der Waals surface area contributed by atoms with Gasteiger partial charge in [0.15, 0.2) is 0 Å². The van der Waals surface area contributed by atoms with Gasteiger partial charge in [-0.1, -0.05) is 0 Å². The fourth-order valence-electron chi connectivity index (χ4n) is 1.78. The van der Waals surface area contributed by atoms with Crippen molar-refractivity contribution >= 4 is 23.8 Å². The zero-order valence-corrected chi connectivity index (χ0v) is 12.7. The third-order valence-corrected chi connectivity index (χ3v) is 3.00. The number of aromatic carboxylic acids is 2. The summed E-state index contributed by atoms with van der Waals surface area (Å²) in [6.07, 6.45) is 2.45. The fraction of sp³-hybridized carbons (Fsp3) is 0.231. The van der Waals surface area contributed by atoms with Crippen molar-refractivity contribution in [3.05, 3.63) is 44.2 Å². The van der Waals surface area contributed by atoms with Gasteiger partial charge in [0.25, 0.3) is 11.1 Å². The molecule has 0 spiro atoms. The Morgan fingerprint density at radius 1 is 0.880 bits per heavy atom. The van der Waals surface area contributed by atoms with Crippen molar-refractivity contribution in [3.63, 3.8) is 0 Å². The summed E-state index contributed by atoms with van der Waals surface area (Å²) in [5.41, 5.74) is -2.43. The van der Waals surface area contributed by atoms with E-state index in [2.05, 4.69) is 30.6 Å². The number of nitrogens with zero attached hydrogens (tertiary/aromatic N) is 2. The van der Waals surface area contributed by atoms with Gasteiger partial charge in [-0.25, -0.2) is 19.6 Å². The summed E-state index contributed by atoms with van der Waals surface area (Å²) in [5.74, 6) is -2.46. The normalized spacial score (nSPS) is 10.2. The van der Waals surface area contributed by atoms with Gasteiger partial charge < -0.3 is 20.8 Å². The molecule has 0 amide bonds. The van der Waals surface area contributed by atoms with Crippen LogP contribution in [0.1, 0.15) is 27.1 Å². The molecule has 2 rings (SSSR count). The highest BCUT2D eigenvalue weighted by molar-refractivity contribution is 5.87. The molecule has 2 aromatic rings. The Balaban J connectivity index is 1.80. The Labute approximate surface area is 139 Å². The van der Waals surface area contributed by atoms with Crippen LogP contribution in [0.25, 0.3) is 0 Å². The molecule has 0 unspecified atom stereocenters. The smallest absolute Gasteiger partial charge is 0.342 e. The van der Waals surface area contributed by atoms with Gasteiger partial charge in [0, 0.05) is 13.1 Å². The summed E-state index contributed by atoms with van der Waals surface area (Å²) in [4.78, 5) is 56.4. The summed E-state index contributed by atoms with van der Waals surface area (Å²) >= 11 is 0. The topological polar surface area (TPSA) is 190 Å². The van der Waals surface area contributed by atoms with E-state index < -0.39 is 34.2 Å². The molecule has 12 heteroatoms. The van der Waals surface area contributed by atoms with Gasteiger partial charge in [-0.3, -0.25) is 19.6 Å². The molecule has 0 aromatic carbocycles. The van der Waals surface area contributed by atoms with Gasteiger partial charge in [-0.15, -0.1) is 0 Å². The molecule has 0 aliphatic rings. The lowest BCUT2D eigenvalue weighted by atomic mass is 10.3.